The molecule has 0 radical (unpaired) electrons. The molecule has 2 nitrogen and oxygen atoms in total. The molecular weight excluding hydrogens is 311 g/mol. The van der Waals surface area contributed by atoms with Crippen molar-refractivity contribution in [3.63, 3.8) is 0 Å². The molecule has 0 aliphatic rings. The van der Waals surface area contributed by atoms with Crippen molar-refractivity contribution in [2.75, 3.05) is 5.32 Å². The van der Waals surface area contributed by atoms with E-state index in [0.29, 0.717) is 10.9 Å². The number of ether oxygens (including phenoxy) is 1. The Balaban J connectivity index is 3.00. The maximum absolute atomic E-state index is 12.2. The normalized spacial score (nSPS) is 12.7. The summed E-state index contributed by atoms with van der Waals surface area (Å²) >= 11 is 3.09. The smallest absolute Gasteiger partial charge is 0.404 e. The molecule has 1 atom stereocenters. The summed E-state index contributed by atoms with van der Waals surface area (Å²) in [4.78, 5) is 0. The van der Waals surface area contributed by atoms with Crippen molar-refractivity contribution in [2.45, 2.75) is 25.7 Å². The van der Waals surface area contributed by atoms with Crippen molar-refractivity contribution in [1.29, 1.82) is 0 Å². The van der Waals surface area contributed by atoms with Gasteiger partial charge in [0, 0.05) is 4.47 Å². The first-order valence-electron chi connectivity index (χ1n) is 5.13. The number of rotatable bonds is 4. The van der Waals surface area contributed by atoms with Gasteiger partial charge in [0.05, 0.1) is 11.7 Å². The molecule has 98 valence electrons. The number of hydrogen-bond acceptors (Lipinski definition) is 2. The number of halogens is 4. The maximum Gasteiger partial charge on any atom is 0.573 e. The van der Waals surface area contributed by atoms with Gasteiger partial charge in [0.25, 0.3) is 0 Å². The fraction of sp³-hybridized carbons (Fsp3) is 0.333. The second-order valence-electron chi connectivity index (χ2n) is 3.46. The van der Waals surface area contributed by atoms with Gasteiger partial charge in [0.1, 0.15) is 0 Å². The average Bonchev–Trinajstić information content (AvgIpc) is 2.26. The van der Waals surface area contributed by atoms with Gasteiger partial charge in [-0.05, 0) is 24.6 Å². The van der Waals surface area contributed by atoms with Crippen LogP contribution >= 0.6 is 15.9 Å². The van der Waals surface area contributed by atoms with Gasteiger partial charge >= 0.3 is 6.36 Å². The Hall–Kier alpha value is -1.35. The summed E-state index contributed by atoms with van der Waals surface area (Å²) in [5, 5.41) is 2.81. The maximum atomic E-state index is 12.2. The lowest BCUT2D eigenvalue weighted by molar-refractivity contribution is -0.274. The molecule has 0 saturated heterocycles. The van der Waals surface area contributed by atoms with E-state index < -0.39 is 6.36 Å². The van der Waals surface area contributed by atoms with Crippen LogP contribution in [0.3, 0.4) is 0 Å². The third-order valence-corrected chi connectivity index (χ3v) is 2.60. The molecule has 0 aliphatic heterocycles. The first-order chi connectivity index (χ1) is 8.35. The fourth-order valence-electron chi connectivity index (χ4n) is 1.27. The zero-order valence-corrected chi connectivity index (χ0v) is 11.1. The molecule has 1 N–H and O–H groups in total. The van der Waals surface area contributed by atoms with Gasteiger partial charge in [-0.2, -0.15) is 0 Å². The number of benzene rings is 1. The molecule has 1 rings (SSSR count). The van der Waals surface area contributed by atoms with Crippen LogP contribution in [0.4, 0.5) is 18.9 Å². The average molecular weight is 322 g/mol. The van der Waals surface area contributed by atoms with E-state index >= 15 is 0 Å². The van der Waals surface area contributed by atoms with Gasteiger partial charge in [-0.1, -0.05) is 28.8 Å². The van der Waals surface area contributed by atoms with Crippen LogP contribution in [0.1, 0.15) is 13.3 Å². The van der Waals surface area contributed by atoms with Crippen molar-refractivity contribution in [2.24, 2.45) is 0 Å². The van der Waals surface area contributed by atoms with E-state index in [2.05, 4.69) is 31.9 Å². The minimum atomic E-state index is -4.74. The number of terminal acetylenes is 1. The Labute approximate surface area is 112 Å². The van der Waals surface area contributed by atoms with Crippen molar-refractivity contribution in [3.8, 4) is 18.1 Å². The van der Waals surface area contributed by atoms with Gasteiger partial charge in [-0.15, -0.1) is 19.6 Å². The predicted molar refractivity (Wildman–Crippen MR) is 67.4 cm³/mol. The summed E-state index contributed by atoms with van der Waals surface area (Å²) in [6.07, 6.45) is 1.11. The van der Waals surface area contributed by atoms with Crippen molar-refractivity contribution in [1.82, 2.24) is 0 Å². The SMILES string of the molecule is C#CC(CC)Nc1ccc(Br)cc1OC(F)(F)F. The van der Waals surface area contributed by atoms with Crippen molar-refractivity contribution < 1.29 is 17.9 Å². The monoisotopic (exact) mass is 321 g/mol. The zero-order valence-electron chi connectivity index (χ0n) is 9.51. The third-order valence-electron chi connectivity index (χ3n) is 2.11. The van der Waals surface area contributed by atoms with Crippen LogP contribution in [0, 0.1) is 12.3 Å². The van der Waals surface area contributed by atoms with Crippen LogP contribution in [0.5, 0.6) is 5.75 Å². The molecule has 0 amide bonds. The predicted octanol–water partition coefficient (Wildman–Crippen LogP) is 4.17. The van der Waals surface area contributed by atoms with Crippen LogP contribution in [0.25, 0.3) is 0 Å². The Bertz CT molecular complexity index is 454. The standard InChI is InChI=1S/C12H11BrF3NO/c1-3-9(4-2)17-10-6-5-8(13)7-11(10)18-12(14,15)16/h1,5-7,9,17H,4H2,2H3. The van der Waals surface area contributed by atoms with Crippen LogP contribution in [-0.4, -0.2) is 12.4 Å². The van der Waals surface area contributed by atoms with Gasteiger partial charge in [0.15, 0.2) is 5.75 Å². The molecule has 18 heavy (non-hydrogen) atoms. The molecule has 1 aromatic rings. The molecule has 1 aromatic carbocycles. The number of alkyl halides is 3. The van der Waals surface area contributed by atoms with E-state index in [9.17, 15) is 13.2 Å². The highest BCUT2D eigenvalue weighted by atomic mass is 79.9. The lowest BCUT2D eigenvalue weighted by Crippen LogP contribution is -2.20. The summed E-state index contributed by atoms with van der Waals surface area (Å²) in [7, 11) is 0. The van der Waals surface area contributed by atoms with Crippen LogP contribution in [0.15, 0.2) is 22.7 Å². The van der Waals surface area contributed by atoms with Gasteiger partial charge < -0.3 is 10.1 Å². The molecule has 0 fully saturated rings. The van der Waals surface area contributed by atoms with E-state index in [0.717, 1.165) is 0 Å². The van der Waals surface area contributed by atoms with Gasteiger partial charge in [0.2, 0.25) is 0 Å². The zero-order chi connectivity index (χ0) is 13.8. The number of nitrogens with one attached hydrogen (secondary N) is 1. The van der Waals surface area contributed by atoms with Crippen molar-refractivity contribution in [3.05, 3.63) is 22.7 Å². The fourth-order valence-corrected chi connectivity index (χ4v) is 1.61. The summed E-state index contributed by atoms with van der Waals surface area (Å²) in [5.41, 5.74) is 0.209. The second kappa shape index (κ2) is 6.01. The lowest BCUT2D eigenvalue weighted by Gasteiger charge is -2.17. The highest BCUT2D eigenvalue weighted by molar-refractivity contribution is 9.10. The molecule has 0 heterocycles. The largest absolute Gasteiger partial charge is 0.573 e. The number of anilines is 1. The summed E-state index contributed by atoms with van der Waals surface area (Å²) in [6.45, 7) is 1.83. The first-order valence-corrected chi connectivity index (χ1v) is 5.93. The minimum absolute atomic E-state index is 0.209. The molecule has 6 heteroatoms. The molecule has 0 aromatic heterocycles. The first kappa shape index (κ1) is 14.7. The summed E-state index contributed by atoms with van der Waals surface area (Å²) < 4.78 is 41.2. The second-order valence-corrected chi connectivity index (χ2v) is 4.38. The lowest BCUT2D eigenvalue weighted by atomic mass is 10.2. The summed E-state index contributed by atoms with van der Waals surface area (Å²) in [6, 6.07) is 3.97. The molecule has 0 bridgehead atoms. The summed E-state index contributed by atoms with van der Waals surface area (Å²) in [5.74, 6) is 2.13. The Morgan fingerprint density at radius 1 is 1.50 bits per heavy atom. The quantitative estimate of drug-likeness (QED) is 0.840. The topological polar surface area (TPSA) is 21.3 Å². The van der Waals surface area contributed by atoms with Gasteiger partial charge in [-0.3, -0.25) is 0 Å². The molecule has 0 saturated carbocycles. The minimum Gasteiger partial charge on any atom is -0.404 e. The Morgan fingerprint density at radius 2 is 2.17 bits per heavy atom. The molecular formula is C12H11BrF3NO. The molecule has 1 unspecified atom stereocenters. The Morgan fingerprint density at radius 3 is 2.67 bits per heavy atom. The third kappa shape index (κ3) is 4.49. The number of hydrogen-bond donors (Lipinski definition) is 1. The van der Waals surface area contributed by atoms with Crippen LogP contribution in [0.2, 0.25) is 0 Å². The van der Waals surface area contributed by atoms with Crippen molar-refractivity contribution >= 4 is 21.6 Å². The Kier molecular flexibility index (Phi) is 4.91. The molecule has 0 aliphatic carbocycles. The van der Waals surface area contributed by atoms with E-state index in [1.54, 1.807) is 6.07 Å². The van der Waals surface area contributed by atoms with Gasteiger partial charge in [-0.25, -0.2) is 0 Å². The van der Waals surface area contributed by atoms with E-state index in [1.165, 1.54) is 12.1 Å². The van der Waals surface area contributed by atoms with Crippen LogP contribution < -0.4 is 10.1 Å². The highest BCUT2D eigenvalue weighted by Gasteiger charge is 2.32. The molecule has 0 spiro atoms. The van der Waals surface area contributed by atoms with E-state index in [1.807, 2.05) is 6.92 Å². The van der Waals surface area contributed by atoms with Crippen LogP contribution in [-0.2, 0) is 0 Å². The highest BCUT2D eigenvalue weighted by Crippen LogP contribution is 2.33. The van der Waals surface area contributed by atoms with E-state index in [4.69, 9.17) is 6.42 Å². The van der Waals surface area contributed by atoms with E-state index in [-0.39, 0.29) is 17.5 Å².